The number of carbonyl (C=O) groups is 2. The molecule has 0 aromatic heterocycles. The van der Waals surface area contributed by atoms with E-state index in [4.69, 9.17) is 0 Å². The topological polar surface area (TPSA) is 86.8 Å². The maximum absolute atomic E-state index is 13.5. The summed E-state index contributed by atoms with van der Waals surface area (Å²) in [6.45, 7) is 7.11. The van der Waals surface area contributed by atoms with Crippen molar-refractivity contribution in [3.05, 3.63) is 66.0 Å². The second kappa shape index (κ2) is 11.5. The van der Waals surface area contributed by atoms with Gasteiger partial charge in [-0.1, -0.05) is 37.3 Å². The minimum atomic E-state index is -3.85. The van der Waals surface area contributed by atoms with Gasteiger partial charge in [0.15, 0.2) is 0 Å². The van der Waals surface area contributed by atoms with Crippen LogP contribution in [0.25, 0.3) is 0 Å². The standard InChI is InChI=1S/C25H34FN3O4S/c1-6-22(24(31)27-25(2,3)4)28(17-16-19-10-8-7-9-11-19)23(30)18-29(34(5,32)33)21-14-12-20(26)13-15-21/h7-15,22H,6,16-18H2,1-5H3,(H,27,31)/t22-/m1/s1. The number of hydrogen-bond donors (Lipinski definition) is 1. The average molecular weight is 492 g/mol. The summed E-state index contributed by atoms with van der Waals surface area (Å²) in [4.78, 5) is 28.0. The molecule has 0 radical (unpaired) electrons. The molecular weight excluding hydrogens is 457 g/mol. The fourth-order valence-electron chi connectivity index (χ4n) is 3.57. The Morgan fingerprint density at radius 2 is 1.62 bits per heavy atom. The number of carbonyl (C=O) groups excluding carboxylic acids is 2. The summed E-state index contributed by atoms with van der Waals surface area (Å²) in [6, 6.07) is 13.7. The monoisotopic (exact) mass is 491 g/mol. The predicted octanol–water partition coefficient (Wildman–Crippen LogP) is 3.36. The Hall–Kier alpha value is -2.94. The van der Waals surface area contributed by atoms with Crippen LogP contribution in [0, 0.1) is 5.82 Å². The van der Waals surface area contributed by atoms with E-state index in [0.717, 1.165) is 28.3 Å². The molecule has 34 heavy (non-hydrogen) atoms. The van der Waals surface area contributed by atoms with E-state index in [-0.39, 0.29) is 18.1 Å². The summed E-state index contributed by atoms with van der Waals surface area (Å²) in [6.07, 6.45) is 1.85. The van der Waals surface area contributed by atoms with Crippen molar-refractivity contribution >= 4 is 27.5 Å². The van der Waals surface area contributed by atoms with Crippen molar-refractivity contribution in [1.29, 1.82) is 0 Å². The highest BCUT2D eigenvalue weighted by Crippen LogP contribution is 2.19. The highest BCUT2D eigenvalue weighted by molar-refractivity contribution is 7.92. The lowest BCUT2D eigenvalue weighted by Gasteiger charge is -2.34. The van der Waals surface area contributed by atoms with Crippen molar-refractivity contribution in [2.75, 3.05) is 23.7 Å². The van der Waals surface area contributed by atoms with Crippen molar-refractivity contribution in [2.24, 2.45) is 0 Å². The lowest BCUT2D eigenvalue weighted by Crippen LogP contribution is -2.56. The molecule has 186 valence electrons. The van der Waals surface area contributed by atoms with Crippen LogP contribution in [0.15, 0.2) is 54.6 Å². The third-order valence-electron chi connectivity index (χ3n) is 5.16. The summed E-state index contributed by atoms with van der Waals surface area (Å²) < 4.78 is 39.3. The van der Waals surface area contributed by atoms with Crippen LogP contribution in [0.1, 0.15) is 39.7 Å². The average Bonchev–Trinajstić information content (AvgIpc) is 2.74. The largest absolute Gasteiger partial charge is 0.350 e. The number of anilines is 1. The van der Waals surface area contributed by atoms with Gasteiger partial charge in [0.1, 0.15) is 18.4 Å². The molecule has 0 aliphatic rings. The van der Waals surface area contributed by atoms with Crippen molar-refractivity contribution in [1.82, 2.24) is 10.2 Å². The van der Waals surface area contributed by atoms with Crippen molar-refractivity contribution in [3.8, 4) is 0 Å². The Labute approximate surface area is 202 Å². The van der Waals surface area contributed by atoms with Crippen LogP contribution in [-0.2, 0) is 26.0 Å². The Balaban J connectivity index is 2.36. The molecule has 2 rings (SSSR count). The van der Waals surface area contributed by atoms with Crippen LogP contribution in [0.3, 0.4) is 0 Å². The Morgan fingerprint density at radius 3 is 2.12 bits per heavy atom. The maximum atomic E-state index is 13.5. The van der Waals surface area contributed by atoms with Gasteiger partial charge in [-0.3, -0.25) is 13.9 Å². The molecule has 1 N–H and O–H groups in total. The second-order valence-corrected chi connectivity index (χ2v) is 11.1. The minimum absolute atomic E-state index is 0.174. The van der Waals surface area contributed by atoms with E-state index in [2.05, 4.69) is 5.32 Å². The van der Waals surface area contributed by atoms with Gasteiger partial charge in [0.2, 0.25) is 21.8 Å². The van der Waals surface area contributed by atoms with Crippen molar-refractivity contribution < 1.29 is 22.4 Å². The molecule has 0 saturated heterocycles. The number of sulfonamides is 1. The van der Waals surface area contributed by atoms with Crippen LogP contribution < -0.4 is 9.62 Å². The van der Waals surface area contributed by atoms with E-state index in [1.54, 1.807) is 0 Å². The molecule has 0 heterocycles. The third-order valence-corrected chi connectivity index (χ3v) is 6.30. The molecule has 0 bridgehead atoms. The molecule has 0 unspecified atom stereocenters. The van der Waals surface area contributed by atoms with Gasteiger partial charge < -0.3 is 10.2 Å². The van der Waals surface area contributed by atoms with Crippen LogP contribution in [0.5, 0.6) is 0 Å². The first-order valence-electron chi connectivity index (χ1n) is 11.2. The highest BCUT2D eigenvalue weighted by Gasteiger charge is 2.32. The zero-order valence-corrected chi connectivity index (χ0v) is 21.2. The summed E-state index contributed by atoms with van der Waals surface area (Å²) in [5.41, 5.74) is 0.670. The SMILES string of the molecule is CC[C@H](C(=O)NC(C)(C)C)N(CCc1ccccc1)C(=O)CN(c1ccc(F)cc1)S(C)(=O)=O. The van der Waals surface area contributed by atoms with Crippen LogP contribution >= 0.6 is 0 Å². The predicted molar refractivity (Wildman–Crippen MR) is 132 cm³/mol. The molecule has 0 saturated carbocycles. The van der Waals surface area contributed by atoms with Crippen molar-refractivity contribution in [2.45, 2.75) is 52.1 Å². The Morgan fingerprint density at radius 1 is 1.03 bits per heavy atom. The highest BCUT2D eigenvalue weighted by atomic mass is 32.2. The van der Waals surface area contributed by atoms with Crippen LogP contribution in [-0.4, -0.2) is 56.1 Å². The zero-order valence-electron chi connectivity index (χ0n) is 20.4. The van der Waals surface area contributed by atoms with Gasteiger partial charge in [-0.2, -0.15) is 0 Å². The third kappa shape index (κ3) is 8.13. The lowest BCUT2D eigenvalue weighted by atomic mass is 10.1. The molecule has 1 atom stereocenters. The number of hydrogen-bond acceptors (Lipinski definition) is 4. The lowest BCUT2D eigenvalue weighted by molar-refractivity contribution is -0.140. The van der Waals surface area contributed by atoms with E-state index >= 15 is 0 Å². The normalized spacial score (nSPS) is 12.6. The molecule has 0 aliphatic carbocycles. The molecule has 0 spiro atoms. The maximum Gasteiger partial charge on any atom is 0.244 e. The summed E-state index contributed by atoms with van der Waals surface area (Å²) in [7, 11) is -3.85. The number of nitrogens with one attached hydrogen (secondary N) is 1. The number of nitrogens with zero attached hydrogens (tertiary/aromatic N) is 2. The van der Waals surface area contributed by atoms with E-state index in [1.807, 2.05) is 58.0 Å². The number of amides is 2. The Bertz CT molecular complexity index is 1070. The fraction of sp³-hybridized carbons (Fsp3) is 0.440. The first-order valence-corrected chi connectivity index (χ1v) is 13.1. The van der Waals surface area contributed by atoms with Gasteiger partial charge in [-0.05, 0) is 63.4 Å². The van der Waals surface area contributed by atoms with Gasteiger partial charge >= 0.3 is 0 Å². The number of benzene rings is 2. The van der Waals surface area contributed by atoms with Crippen LogP contribution in [0.4, 0.5) is 10.1 Å². The van der Waals surface area contributed by atoms with E-state index in [9.17, 15) is 22.4 Å². The molecule has 0 fully saturated rings. The van der Waals surface area contributed by atoms with E-state index < -0.39 is 39.9 Å². The quantitative estimate of drug-likeness (QED) is 0.552. The molecule has 0 aliphatic heterocycles. The van der Waals surface area contributed by atoms with Gasteiger partial charge in [0.25, 0.3) is 0 Å². The van der Waals surface area contributed by atoms with E-state index in [1.165, 1.54) is 17.0 Å². The first kappa shape index (κ1) is 27.3. The zero-order chi connectivity index (χ0) is 25.5. The molecule has 9 heteroatoms. The number of halogens is 1. The summed E-state index contributed by atoms with van der Waals surface area (Å²) in [5, 5.41) is 2.92. The minimum Gasteiger partial charge on any atom is -0.350 e. The van der Waals surface area contributed by atoms with Gasteiger partial charge in [0.05, 0.1) is 11.9 Å². The Kier molecular flexibility index (Phi) is 9.21. The van der Waals surface area contributed by atoms with Crippen LogP contribution in [0.2, 0.25) is 0 Å². The number of rotatable bonds is 10. The summed E-state index contributed by atoms with van der Waals surface area (Å²) >= 11 is 0. The molecule has 2 aromatic carbocycles. The summed E-state index contributed by atoms with van der Waals surface area (Å²) in [5.74, 6) is -1.33. The first-order chi connectivity index (χ1) is 15.8. The van der Waals surface area contributed by atoms with Gasteiger partial charge in [0, 0.05) is 12.1 Å². The van der Waals surface area contributed by atoms with E-state index in [0.29, 0.717) is 12.8 Å². The molecule has 2 aromatic rings. The molecule has 7 nitrogen and oxygen atoms in total. The van der Waals surface area contributed by atoms with Gasteiger partial charge in [-0.25, -0.2) is 12.8 Å². The molecular formula is C25H34FN3O4S. The fourth-order valence-corrected chi connectivity index (χ4v) is 4.42. The van der Waals surface area contributed by atoms with Crippen molar-refractivity contribution in [3.63, 3.8) is 0 Å². The second-order valence-electron chi connectivity index (χ2n) is 9.23. The van der Waals surface area contributed by atoms with Gasteiger partial charge in [-0.15, -0.1) is 0 Å². The molecule has 2 amide bonds. The smallest absolute Gasteiger partial charge is 0.244 e.